The molecule has 5 heteroatoms. The predicted octanol–water partition coefficient (Wildman–Crippen LogP) is 1.55. The lowest BCUT2D eigenvalue weighted by Gasteiger charge is -2.29. The summed E-state index contributed by atoms with van der Waals surface area (Å²) in [7, 11) is 3.30. The molecular weight excluding hydrogens is 234 g/mol. The Bertz CT molecular complexity index is 362. The van der Waals surface area contributed by atoms with Crippen molar-refractivity contribution < 1.29 is 18.7 Å². The minimum Gasteiger partial charge on any atom is -0.459 e. The molecule has 1 aliphatic heterocycles. The highest BCUT2D eigenvalue weighted by Gasteiger charge is 2.38. The smallest absolute Gasteiger partial charge is 0.290 e. The van der Waals surface area contributed by atoms with E-state index in [-0.39, 0.29) is 18.0 Å². The molecule has 1 aliphatic rings. The number of rotatable bonds is 5. The summed E-state index contributed by atoms with van der Waals surface area (Å²) in [6.07, 6.45) is 3.39. The third-order valence-electron chi connectivity index (χ3n) is 3.30. The first-order chi connectivity index (χ1) is 8.77. The third-order valence-corrected chi connectivity index (χ3v) is 3.30. The van der Waals surface area contributed by atoms with Crippen molar-refractivity contribution in [3.63, 3.8) is 0 Å². The van der Waals surface area contributed by atoms with E-state index in [1.54, 1.807) is 26.4 Å². The predicted molar refractivity (Wildman–Crippen MR) is 65.4 cm³/mol. The summed E-state index contributed by atoms with van der Waals surface area (Å²) < 4.78 is 15.6. The van der Waals surface area contributed by atoms with Gasteiger partial charge in [-0.15, -0.1) is 0 Å². The van der Waals surface area contributed by atoms with Crippen LogP contribution in [0.1, 0.15) is 23.4 Å². The first-order valence-electron chi connectivity index (χ1n) is 6.12. The number of carbonyl (C=O) groups is 1. The molecule has 0 spiro atoms. The Hall–Kier alpha value is -1.33. The molecule has 0 saturated carbocycles. The highest BCUT2D eigenvalue weighted by atomic mass is 16.5. The van der Waals surface area contributed by atoms with Gasteiger partial charge < -0.3 is 18.8 Å². The molecular formula is C13H19NO4. The number of ether oxygens (including phenoxy) is 2. The number of hydrogen-bond donors (Lipinski definition) is 0. The molecule has 1 fully saturated rings. The number of likely N-dealkylation sites (tertiary alicyclic amines) is 1. The molecule has 2 atom stereocenters. The maximum Gasteiger partial charge on any atom is 0.290 e. The number of nitrogens with zero attached hydrogens (tertiary/aromatic N) is 1. The van der Waals surface area contributed by atoms with Crippen LogP contribution in [0, 0.1) is 0 Å². The zero-order valence-corrected chi connectivity index (χ0v) is 10.8. The van der Waals surface area contributed by atoms with Gasteiger partial charge in [0.05, 0.1) is 31.6 Å². The maximum atomic E-state index is 12.4. The van der Waals surface area contributed by atoms with E-state index in [9.17, 15) is 4.79 Å². The normalized spacial score (nSPS) is 23.6. The van der Waals surface area contributed by atoms with Gasteiger partial charge >= 0.3 is 0 Å². The second-order valence-corrected chi connectivity index (χ2v) is 4.49. The number of amides is 1. The highest BCUT2D eigenvalue weighted by molar-refractivity contribution is 5.92. The number of carbonyl (C=O) groups excluding carboxylic acids is 1. The van der Waals surface area contributed by atoms with Crippen molar-refractivity contribution >= 4 is 5.91 Å². The van der Waals surface area contributed by atoms with Crippen molar-refractivity contribution in [2.75, 3.05) is 27.4 Å². The Morgan fingerprint density at radius 3 is 2.39 bits per heavy atom. The average molecular weight is 253 g/mol. The van der Waals surface area contributed by atoms with Crippen LogP contribution in [0.2, 0.25) is 0 Å². The average Bonchev–Trinajstić information content (AvgIpc) is 2.99. The fourth-order valence-corrected chi connectivity index (χ4v) is 2.53. The third kappa shape index (κ3) is 2.57. The first kappa shape index (κ1) is 13.1. The zero-order chi connectivity index (χ0) is 13.0. The summed E-state index contributed by atoms with van der Waals surface area (Å²) in [5.41, 5.74) is 0. The van der Waals surface area contributed by atoms with Gasteiger partial charge in [-0.25, -0.2) is 0 Å². The van der Waals surface area contributed by atoms with Crippen molar-refractivity contribution in [3.8, 4) is 0 Å². The van der Waals surface area contributed by atoms with Gasteiger partial charge in [-0.3, -0.25) is 4.79 Å². The first-order valence-corrected chi connectivity index (χ1v) is 6.12. The molecule has 0 aromatic carbocycles. The van der Waals surface area contributed by atoms with E-state index in [1.165, 1.54) is 6.26 Å². The summed E-state index contributed by atoms with van der Waals surface area (Å²) >= 11 is 0. The van der Waals surface area contributed by atoms with E-state index in [1.807, 2.05) is 4.90 Å². The van der Waals surface area contributed by atoms with Gasteiger partial charge in [-0.1, -0.05) is 0 Å². The SMILES string of the molecule is COC[C@@H]1CC[C@@H](COC)N1C(=O)c1ccco1. The number of hydrogen-bond acceptors (Lipinski definition) is 4. The lowest BCUT2D eigenvalue weighted by atomic mass is 10.2. The molecule has 0 aliphatic carbocycles. The van der Waals surface area contributed by atoms with Crippen LogP contribution in [0.3, 0.4) is 0 Å². The van der Waals surface area contributed by atoms with E-state index in [0.717, 1.165) is 12.8 Å². The number of methoxy groups -OCH3 is 2. The van der Waals surface area contributed by atoms with Gasteiger partial charge in [-0.05, 0) is 25.0 Å². The van der Waals surface area contributed by atoms with Crippen LogP contribution >= 0.6 is 0 Å². The van der Waals surface area contributed by atoms with Crippen LogP contribution in [0.15, 0.2) is 22.8 Å². The van der Waals surface area contributed by atoms with E-state index in [2.05, 4.69) is 0 Å². The lowest BCUT2D eigenvalue weighted by Crippen LogP contribution is -2.44. The van der Waals surface area contributed by atoms with Crippen LogP contribution in [0.5, 0.6) is 0 Å². The van der Waals surface area contributed by atoms with Crippen LogP contribution in [-0.2, 0) is 9.47 Å². The molecule has 0 unspecified atom stereocenters. The van der Waals surface area contributed by atoms with Crippen molar-refractivity contribution in [2.24, 2.45) is 0 Å². The molecule has 1 aromatic rings. The fourth-order valence-electron chi connectivity index (χ4n) is 2.53. The van der Waals surface area contributed by atoms with Crippen molar-refractivity contribution in [1.29, 1.82) is 0 Å². The van der Waals surface area contributed by atoms with Crippen LogP contribution in [0.25, 0.3) is 0 Å². The van der Waals surface area contributed by atoms with E-state index in [4.69, 9.17) is 13.9 Å². The molecule has 2 rings (SSSR count). The summed E-state index contributed by atoms with van der Waals surface area (Å²) in [6, 6.07) is 3.62. The Morgan fingerprint density at radius 1 is 1.33 bits per heavy atom. The second kappa shape index (κ2) is 6.02. The highest BCUT2D eigenvalue weighted by Crippen LogP contribution is 2.26. The summed E-state index contributed by atoms with van der Waals surface area (Å²) in [5.74, 6) is 0.292. The minimum absolute atomic E-state index is 0.0819. The number of furan rings is 1. The fraction of sp³-hybridized carbons (Fsp3) is 0.615. The Morgan fingerprint density at radius 2 is 1.94 bits per heavy atom. The van der Waals surface area contributed by atoms with Gasteiger partial charge in [0.15, 0.2) is 5.76 Å². The largest absolute Gasteiger partial charge is 0.459 e. The lowest BCUT2D eigenvalue weighted by molar-refractivity contribution is 0.0394. The van der Waals surface area contributed by atoms with Gasteiger partial charge in [0.25, 0.3) is 5.91 Å². The van der Waals surface area contributed by atoms with Crippen molar-refractivity contribution in [2.45, 2.75) is 24.9 Å². The second-order valence-electron chi connectivity index (χ2n) is 4.49. The summed E-state index contributed by atoms with van der Waals surface area (Å²) in [5, 5.41) is 0. The van der Waals surface area contributed by atoms with Crippen molar-refractivity contribution in [3.05, 3.63) is 24.2 Å². The Kier molecular flexibility index (Phi) is 4.38. The quantitative estimate of drug-likeness (QED) is 0.799. The zero-order valence-electron chi connectivity index (χ0n) is 10.8. The minimum atomic E-state index is -0.0819. The van der Waals surface area contributed by atoms with Crippen LogP contribution < -0.4 is 0 Å². The monoisotopic (exact) mass is 253 g/mol. The molecule has 18 heavy (non-hydrogen) atoms. The molecule has 1 amide bonds. The van der Waals surface area contributed by atoms with E-state index < -0.39 is 0 Å². The molecule has 0 bridgehead atoms. The van der Waals surface area contributed by atoms with Crippen LogP contribution in [0.4, 0.5) is 0 Å². The van der Waals surface area contributed by atoms with E-state index >= 15 is 0 Å². The summed E-state index contributed by atoms with van der Waals surface area (Å²) in [6.45, 7) is 1.10. The van der Waals surface area contributed by atoms with E-state index in [0.29, 0.717) is 19.0 Å². The van der Waals surface area contributed by atoms with Crippen LogP contribution in [-0.4, -0.2) is 50.3 Å². The van der Waals surface area contributed by atoms with Gasteiger partial charge in [0.2, 0.25) is 0 Å². The van der Waals surface area contributed by atoms with Gasteiger partial charge in [-0.2, -0.15) is 0 Å². The molecule has 0 N–H and O–H groups in total. The summed E-state index contributed by atoms with van der Waals surface area (Å²) in [4.78, 5) is 14.2. The Labute approximate surface area is 107 Å². The van der Waals surface area contributed by atoms with Crippen molar-refractivity contribution in [1.82, 2.24) is 4.90 Å². The molecule has 100 valence electrons. The molecule has 0 radical (unpaired) electrons. The standard InChI is InChI=1S/C13H19NO4/c1-16-8-10-5-6-11(9-17-2)14(10)13(15)12-4-3-7-18-12/h3-4,7,10-11H,5-6,8-9H2,1-2H3/t10-,11-/m0/s1. The van der Waals surface area contributed by atoms with Gasteiger partial charge in [0.1, 0.15) is 0 Å². The molecule has 5 nitrogen and oxygen atoms in total. The maximum absolute atomic E-state index is 12.4. The van der Waals surface area contributed by atoms with Gasteiger partial charge in [0, 0.05) is 14.2 Å². The molecule has 2 heterocycles. The molecule has 1 saturated heterocycles. The Balaban J connectivity index is 2.15. The topological polar surface area (TPSA) is 51.9 Å². The molecule has 1 aromatic heterocycles.